The Labute approximate surface area is 220 Å². The molecule has 7 nitrogen and oxygen atoms in total. The third kappa shape index (κ3) is 4.78. The zero-order valence-corrected chi connectivity index (χ0v) is 21.9. The van der Waals surface area contributed by atoms with Crippen molar-refractivity contribution < 1.29 is 14.7 Å². The quantitative estimate of drug-likeness (QED) is 0.246. The molecule has 1 fully saturated rings. The van der Waals surface area contributed by atoms with Crippen molar-refractivity contribution in [3.8, 4) is 5.69 Å². The number of ketones is 1. The van der Waals surface area contributed by atoms with Crippen molar-refractivity contribution in [2.75, 3.05) is 26.2 Å². The van der Waals surface area contributed by atoms with Crippen molar-refractivity contribution in [3.63, 3.8) is 0 Å². The average molecular weight is 527 g/mol. The number of aromatic nitrogens is 2. The number of halogens is 2. The first-order chi connectivity index (χ1) is 17.3. The Morgan fingerprint density at radius 1 is 1.06 bits per heavy atom. The predicted octanol–water partition coefficient (Wildman–Crippen LogP) is 5.25. The number of aliphatic hydroxyl groups excluding tert-OH is 1. The topological polar surface area (TPSA) is 78.7 Å². The molecule has 1 saturated heterocycles. The average Bonchev–Trinajstić information content (AvgIpc) is 3.39. The summed E-state index contributed by atoms with van der Waals surface area (Å²) < 4.78 is 1.68. The van der Waals surface area contributed by atoms with Crippen LogP contribution in [0.25, 0.3) is 11.4 Å². The Bertz CT molecular complexity index is 1320. The van der Waals surface area contributed by atoms with Gasteiger partial charge in [-0.2, -0.15) is 5.10 Å². The molecule has 0 saturated carbocycles. The molecule has 0 bridgehead atoms. The second-order valence-corrected chi connectivity index (χ2v) is 9.40. The molecule has 9 heteroatoms. The van der Waals surface area contributed by atoms with Crippen LogP contribution >= 0.6 is 23.2 Å². The molecule has 2 heterocycles. The molecule has 0 aliphatic carbocycles. The largest absolute Gasteiger partial charge is 0.507 e. The van der Waals surface area contributed by atoms with Crippen LogP contribution in [-0.4, -0.2) is 62.6 Å². The highest BCUT2D eigenvalue weighted by atomic mass is 35.5. The first kappa shape index (κ1) is 25.9. The molecule has 0 spiro atoms. The number of nitrogens with zero attached hydrogens (tertiary/aromatic N) is 4. The van der Waals surface area contributed by atoms with Crippen molar-refractivity contribution in [2.45, 2.75) is 26.8 Å². The first-order valence-corrected chi connectivity index (χ1v) is 12.6. The Balaban J connectivity index is 1.83. The van der Waals surface area contributed by atoms with Crippen molar-refractivity contribution in [2.24, 2.45) is 0 Å². The maximum absolute atomic E-state index is 13.3. The van der Waals surface area contributed by atoms with Crippen molar-refractivity contribution in [3.05, 3.63) is 87.2 Å². The van der Waals surface area contributed by atoms with Gasteiger partial charge in [0, 0.05) is 13.1 Å². The highest BCUT2D eigenvalue weighted by Gasteiger charge is 2.46. The van der Waals surface area contributed by atoms with E-state index in [1.54, 1.807) is 29.8 Å². The number of Topliss-reactive ketones (excluding diaryl/α,β-unsaturated/α-hetero) is 1. The van der Waals surface area contributed by atoms with Gasteiger partial charge in [-0.15, -0.1) is 0 Å². The third-order valence-electron chi connectivity index (χ3n) is 6.62. The fourth-order valence-corrected chi connectivity index (χ4v) is 4.85. The number of aliphatic hydroxyl groups is 1. The summed E-state index contributed by atoms with van der Waals surface area (Å²) in [6.07, 6.45) is 1.51. The Hall–Kier alpha value is -3.13. The molecule has 1 aliphatic heterocycles. The van der Waals surface area contributed by atoms with Crippen LogP contribution in [0.15, 0.2) is 60.3 Å². The number of hydrogen-bond donors (Lipinski definition) is 1. The van der Waals surface area contributed by atoms with Crippen LogP contribution < -0.4 is 0 Å². The number of carbonyl (C=O) groups excluding carboxylic acids is 2. The zero-order chi connectivity index (χ0) is 26.0. The van der Waals surface area contributed by atoms with E-state index in [1.165, 1.54) is 11.1 Å². The van der Waals surface area contributed by atoms with Gasteiger partial charge >= 0.3 is 0 Å². The van der Waals surface area contributed by atoms with E-state index in [4.69, 9.17) is 23.2 Å². The molecule has 1 atom stereocenters. The predicted molar refractivity (Wildman–Crippen MR) is 142 cm³/mol. The Morgan fingerprint density at radius 2 is 1.75 bits per heavy atom. The molecule has 36 heavy (non-hydrogen) atoms. The minimum atomic E-state index is -0.810. The maximum atomic E-state index is 13.3. The fraction of sp³-hybridized carbons (Fsp3) is 0.296. The van der Waals surface area contributed by atoms with Crippen LogP contribution in [0.4, 0.5) is 0 Å². The molecule has 0 radical (unpaired) electrons. The smallest absolute Gasteiger partial charge is 0.295 e. The second-order valence-electron chi connectivity index (χ2n) is 8.58. The summed E-state index contributed by atoms with van der Waals surface area (Å²) in [5.74, 6) is -1.67. The highest BCUT2D eigenvalue weighted by molar-refractivity contribution is 6.47. The monoisotopic (exact) mass is 526 g/mol. The molecular weight excluding hydrogens is 499 g/mol. The van der Waals surface area contributed by atoms with Gasteiger partial charge in [0.1, 0.15) is 5.76 Å². The van der Waals surface area contributed by atoms with Crippen molar-refractivity contribution >= 4 is 40.7 Å². The minimum Gasteiger partial charge on any atom is -0.507 e. The zero-order valence-electron chi connectivity index (χ0n) is 20.4. The first-order valence-electron chi connectivity index (χ1n) is 11.8. The van der Waals surface area contributed by atoms with Crippen LogP contribution in [0.3, 0.4) is 0 Å². The number of amides is 1. The van der Waals surface area contributed by atoms with Crippen LogP contribution in [0.5, 0.6) is 0 Å². The molecule has 2 aromatic carbocycles. The number of para-hydroxylation sites is 1. The summed E-state index contributed by atoms with van der Waals surface area (Å²) in [6, 6.07) is 13.7. The summed E-state index contributed by atoms with van der Waals surface area (Å²) in [7, 11) is 0. The SMILES string of the molecule is CCN(CC)CCN1C(=O)C(=O)C(=C(O)c2cnn(-c3ccccc3)c2C)C1c1ccc(Cl)c(Cl)c1. The van der Waals surface area contributed by atoms with Crippen molar-refractivity contribution in [1.82, 2.24) is 19.6 Å². The molecule has 1 N–H and O–H groups in total. The Morgan fingerprint density at radius 3 is 2.39 bits per heavy atom. The highest BCUT2D eigenvalue weighted by Crippen LogP contribution is 2.41. The Kier molecular flexibility index (Phi) is 7.83. The van der Waals surface area contributed by atoms with Gasteiger partial charge in [-0.3, -0.25) is 9.59 Å². The molecule has 1 aliphatic rings. The van der Waals surface area contributed by atoms with E-state index >= 15 is 0 Å². The number of benzene rings is 2. The number of carbonyl (C=O) groups is 2. The molecule has 1 aromatic heterocycles. The summed E-state index contributed by atoms with van der Waals surface area (Å²) in [4.78, 5) is 30.2. The van der Waals surface area contributed by atoms with E-state index in [0.29, 0.717) is 40.0 Å². The number of likely N-dealkylation sites (N-methyl/N-ethyl adjacent to an activating group) is 1. The number of hydrogen-bond acceptors (Lipinski definition) is 5. The molecule has 1 amide bonds. The maximum Gasteiger partial charge on any atom is 0.295 e. The lowest BCUT2D eigenvalue weighted by atomic mass is 9.95. The van der Waals surface area contributed by atoms with Crippen LogP contribution in [-0.2, 0) is 9.59 Å². The van der Waals surface area contributed by atoms with E-state index in [9.17, 15) is 14.7 Å². The van der Waals surface area contributed by atoms with Gasteiger partial charge in [0.05, 0.1) is 44.8 Å². The normalized spacial score (nSPS) is 17.4. The van der Waals surface area contributed by atoms with Gasteiger partial charge in [-0.1, -0.05) is 61.3 Å². The van der Waals surface area contributed by atoms with E-state index < -0.39 is 17.7 Å². The van der Waals surface area contributed by atoms with E-state index in [2.05, 4.69) is 10.00 Å². The van der Waals surface area contributed by atoms with Crippen LogP contribution in [0, 0.1) is 6.92 Å². The standard InChI is InChI=1S/C27H28Cl2N4O3/c1-4-31(5-2)13-14-32-24(18-11-12-21(28)22(29)15-18)23(26(35)27(32)36)25(34)20-16-30-33(17(20)3)19-9-7-6-8-10-19/h6-12,15-16,24,34H,4-5,13-14H2,1-3H3. The minimum absolute atomic E-state index is 0.00801. The van der Waals surface area contributed by atoms with Gasteiger partial charge in [0.15, 0.2) is 0 Å². The summed E-state index contributed by atoms with van der Waals surface area (Å²) in [5, 5.41) is 16.5. The fourth-order valence-electron chi connectivity index (χ4n) is 4.55. The molecule has 188 valence electrons. The second kappa shape index (κ2) is 10.9. The lowest BCUT2D eigenvalue weighted by Gasteiger charge is -2.28. The van der Waals surface area contributed by atoms with E-state index in [0.717, 1.165) is 18.8 Å². The third-order valence-corrected chi connectivity index (χ3v) is 7.36. The molecule has 3 aromatic rings. The van der Waals surface area contributed by atoms with Crippen LogP contribution in [0.2, 0.25) is 10.0 Å². The van der Waals surface area contributed by atoms with Gasteiger partial charge in [-0.05, 0) is 49.8 Å². The van der Waals surface area contributed by atoms with Crippen LogP contribution in [0.1, 0.15) is 36.7 Å². The van der Waals surface area contributed by atoms with Gasteiger partial charge < -0.3 is 14.9 Å². The van der Waals surface area contributed by atoms with Gasteiger partial charge in [-0.25, -0.2) is 4.68 Å². The van der Waals surface area contributed by atoms with E-state index in [-0.39, 0.29) is 11.3 Å². The number of rotatable bonds is 8. The van der Waals surface area contributed by atoms with Gasteiger partial charge in [0.2, 0.25) is 0 Å². The number of likely N-dealkylation sites (tertiary alicyclic amines) is 1. The molecule has 1 unspecified atom stereocenters. The summed E-state index contributed by atoms with van der Waals surface area (Å²) in [6.45, 7) is 8.42. The van der Waals surface area contributed by atoms with Gasteiger partial charge in [0.25, 0.3) is 11.7 Å². The van der Waals surface area contributed by atoms with Crippen molar-refractivity contribution in [1.29, 1.82) is 0 Å². The summed E-state index contributed by atoms with van der Waals surface area (Å²) in [5.41, 5.74) is 2.44. The summed E-state index contributed by atoms with van der Waals surface area (Å²) >= 11 is 12.4. The van der Waals surface area contributed by atoms with E-state index in [1.807, 2.05) is 44.2 Å². The lowest BCUT2D eigenvalue weighted by molar-refractivity contribution is -0.140. The molecular formula is C27H28Cl2N4O3. The lowest BCUT2D eigenvalue weighted by Crippen LogP contribution is -2.38. The molecule has 4 rings (SSSR count).